The fourth-order valence-corrected chi connectivity index (χ4v) is 5.63. The minimum Gasteiger partial charge on any atom is -0.488 e. The number of nitrogens with one attached hydrogen (secondary N) is 1. The second-order valence-electron chi connectivity index (χ2n) is 8.61. The molecule has 2 aliphatic carbocycles. The third-order valence-electron chi connectivity index (χ3n) is 6.21. The van der Waals surface area contributed by atoms with Gasteiger partial charge in [-0.15, -0.1) is 11.3 Å². The van der Waals surface area contributed by atoms with Crippen molar-refractivity contribution in [3.05, 3.63) is 59.1 Å². The number of ether oxygens (including phenoxy) is 1. The first-order valence-corrected chi connectivity index (χ1v) is 11.2. The van der Waals surface area contributed by atoms with E-state index in [4.69, 9.17) is 10.5 Å². The number of nitrogens with zero attached hydrogens (tertiary/aromatic N) is 2. The van der Waals surface area contributed by atoms with E-state index in [1.54, 1.807) is 29.9 Å². The largest absolute Gasteiger partial charge is 0.488 e. The standard InChI is InChI=1S/C23H23FN4O2S/c1-13-3-2-4-16(24)20(13)22-28-18(12-31-22)21(29)27-17-11-26-6-5-19(17)30-15-9-23(10-15)7-14(25)8-23/h2-6,11-12,14-15H,7-10,25H2,1H3,(H,27,29). The van der Waals surface area contributed by atoms with Crippen LogP contribution in [0.15, 0.2) is 42.0 Å². The molecule has 0 unspecified atom stereocenters. The van der Waals surface area contributed by atoms with Crippen LogP contribution in [0, 0.1) is 18.2 Å². The molecule has 2 fully saturated rings. The molecule has 1 amide bonds. The van der Waals surface area contributed by atoms with E-state index in [9.17, 15) is 9.18 Å². The zero-order chi connectivity index (χ0) is 21.6. The zero-order valence-corrected chi connectivity index (χ0v) is 17.9. The third kappa shape index (κ3) is 3.81. The topological polar surface area (TPSA) is 90.1 Å². The molecule has 160 valence electrons. The van der Waals surface area contributed by atoms with Crippen LogP contribution in [0.4, 0.5) is 10.1 Å². The summed E-state index contributed by atoms with van der Waals surface area (Å²) in [6.45, 7) is 1.82. The number of thiazole rings is 1. The second kappa shape index (κ2) is 7.69. The Hall–Kier alpha value is -2.84. The molecule has 0 bridgehead atoms. The van der Waals surface area contributed by atoms with E-state index in [-0.39, 0.29) is 23.5 Å². The van der Waals surface area contributed by atoms with Gasteiger partial charge < -0.3 is 15.8 Å². The van der Waals surface area contributed by atoms with Crippen LogP contribution < -0.4 is 15.8 Å². The van der Waals surface area contributed by atoms with Crippen molar-refractivity contribution >= 4 is 22.9 Å². The molecule has 0 atom stereocenters. The molecule has 1 aromatic carbocycles. The van der Waals surface area contributed by atoms with Crippen molar-refractivity contribution in [3.8, 4) is 16.3 Å². The number of halogens is 1. The molecule has 3 aromatic rings. The number of hydrogen-bond acceptors (Lipinski definition) is 6. The molecule has 31 heavy (non-hydrogen) atoms. The minimum absolute atomic E-state index is 0.125. The van der Waals surface area contributed by atoms with E-state index < -0.39 is 0 Å². The number of benzene rings is 1. The highest BCUT2D eigenvalue weighted by atomic mass is 32.1. The van der Waals surface area contributed by atoms with E-state index in [1.165, 1.54) is 17.4 Å². The molecule has 1 spiro atoms. The molecule has 2 aliphatic rings. The van der Waals surface area contributed by atoms with Gasteiger partial charge in [-0.05, 0) is 49.7 Å². The number of aromatic nitrogens is 2. The molecule has 0 aliphatic heterocycles. The summed E-state index contributed by atoms with van der Waals surface area (Å²) in [7, 11) is 0. The molecule has 5 rings (SSSR count). The van der Waals surface area contributed by atoms with Crippen LogP contribution in [0.3, 0.4) is 0 Å². The van der Waals surface area contributed by atoms with Gasteiger partial charge >= 0.3 is 0 Å². The summed E-state index contributed by atoms with van der Waals surface area (Å²) in [5, 5.41) is 4.94. The Labute approximate surface area is 183 Å². The molecule has 0 saturated heterocycles. The lowest BCUT2D eigenvalue weighted by molar-refractivity contribution is -0.0779. The Balaban J connectivity index is 1.28. The summed E-state index contributed by atoms with van der Waals surface area (Å²) < 4.78 is 20.4. The number of pyridine rings is 1. The van der Waals surface area contributed by atoms with Crippen LogP contribution in [0.25, 0.3) is 10.6 Å². The highest BCUT2D eigenvalue weighted by molar-refractivity contribution is 7.13. The maximum Gasteiger partial charge on any atom is 0.275 e. The summed E-state index contributed by atoms with van der Waals surface area (Å²) in [6, 6.07) is 6.95. The monoisotopic (exact) mass is 438 g/mol. The van der Waals surface area contributed by atoms with Crippen molar-refractivity contribution in [2.24, 2.45) is 11.1 Å². The predicted octanol–water partition coefficient (Wildman–Crippen LogP) is 4.55. The quantitative estimate of drug-likeness (QED) is 0.610. The summed E-state index contributed by atoms with van der Waals surface area (Å²) in [5.41, 5.74) is 8.21. The van der Waals surface area contributed by atoms with Crippen LogP contribution in [-0.2, 0) is 0 Å². The van der Waals surface area contributed by atoms with Gasteiger partial charge in [-0.1, -0.05) is 12.1 Å². The van der Waals surface area contributed by atoms with Crippen LogP contribution in [0.5, 0.6) is 5.75 Å². The van der Waals surface area contributed by atoms with Crippen molar-refractivity contribution < 1.29 is 13.9 Å². The van der Waals surface area contributed by atoms with Gasteiger partial charge in [-0.3, -0.25) is 9.78 Å². The van der Waals surface area contributed by atoms with Crippen molar-refractivity contribution in [2.45, 2.75) is 44.8 Å². The third-order valence-corrected chi connectivity index (χ3v) is 7.07. The van der Waals surface area contributed by atoms with Crippen LogP contribution >= 0.6 is 11.3 Å². The molecule has 2 aromatic heterocycles. The number of hydrogen-bond donors (Lipinski definition) is 2. The van der Waals surface area contributed by atoms with Crippen molar-refractivity contribution in [1.29, 1.82) is 0 Å². The highest BCUT2D eigenvalue weighted by Gasteiger charge is 2.52. The lowest BCUT2D eigenvalue weighted by Gasteiger charge is -2.56. The van der Waals surface area contributed by atoms with Crippen LogP contribution in [-0.4, -0.2) is 28.0 Å². The SMILES string of the molecule is Cc1cccc(F)c1-c1nc(C(=O)Nc2cnccc2OC2CC3(CC(N)C3)C2)cs1. The average Bonchev–Trinajstić information content (AvgIpc) is 3.16. The normalized spacial score (nSPS) is 24.4. The molecular formula is C23H23FN4O2S. The van der Waals surface area contributed by atoms with Gasteiger partial charge in [0.2, 0.25) is 0 Å². The molecular weight excluding hydrogens is 415 g/mol. The smallest absolute Gasteiger partial charge is 0.275 e. The Kier molecular flexibility index (Phi) is 4.98. The van der Waals surface area contributed by atoms with E-state index in [0.29, 0.717) is 33.5 Å². The first kappa shape index (κ1) is 20.1. The number of amides is 1. The molecule has 8 heteroatoms. The van der Waals surface area contributed by atoms with Gasteiger partial charge in [0.1, 0.15) is 28.0 Å². The van der Waals surface area contributed by atoms with Gasteiger partial charge in [-0.25, -0.2) is 9.37 Å². The van der Waals surface area contributed by atoms with Gasteiger partial charge in [-0.2, -0.15) is 0 Å². The van der Waals surface area contributed by atoms with Crippen molar-refractivity contribution in [2.75, 3.05) is 5.32 Å². The second-order valence-corrected chi connectivity index (χ2v) is 9.47. The summed E-state index contributed by atoms with van der Waals surface area (Å²) in [4.78, 5) is 21.2. The predicted molar refractivity (Wildman–Crippen MR) is 118 cm³/mol. The van der Waals surface area contributed by atoms with Gasteiger partial charge in [0, 0.05) is 29.2 Å². The molecule has 2 heterocycles. The van der Waals surface area contributed by atoms with E-state index in [1.807, 2.05) is 13.0 Å². The Bertz CT molecular complexity index is 1110. The molecule has 0 radical (unpaired) electrons. The summed E-state index contributed by atoms with van der Waals surface area (Å²) in [6.07, 6.45) is 7.46. The summed E-state index contributed by atoms with van der Waals surface area (Å²) in [5.74, 6) is -0.147. The summed E-state index contributed by atoms with van der Waals surface area (Å²) >= 11 is 1.24. The number of nitrogens with two attached hydrogens (primary N) is 1. The van der Waals surface area contributed by atoms with Gasteiger partial charge in [0.25, 0.3) is 5.91 Å². The first-order valence-electron chi connectivity index (χ1n) is 10.3. The van der Waals surface area contributed by atoms with E-state index >= 15 is 0 Å². The molecule has 3 N–H and O–H groups in total. The zero-order valence-electron chi connectivity index (χ0n) is 17.1. The number of aryl methyl sites for hydroxylation is 1. The molecule has 6 nitrogen and oxygen atoms in total. The lowest BCUT2D eigenvalue weighted by Crippen LogP contribution is -2.56. The fourth-order valence-electron chi connectivity index (χ4n) is 4.72. The molecule has 2 saturated carbocycles. The highest BCUT2D eigenvalue weighted by Crippen LogP contribution is 2.56. The van der Waals surface area contributed by atoms with Crippen molar-refractivity contribution in [3.63, 3.8) is 0 Å². The number of anilines is 1. The van der Waals surface area contributed by atoms with Crippen LogP contribution in [0.2, 0.25) is 0 Å². The van der Waals surface area contributed by atoms with E-state index in [2.05, 4.69) is 15.3 Å². The van der Waals surface area contributed by atoms with Gasteiger partial charge in [0.15, 0.2) is 0 Å². The maximum atomic E-state index is 14.2. The Morgan fingerprint density at radius 3 is 2.84 bits per heavy atom. The fraction of sp³-hybridized carbons (Fsp3) is 0.348. The average molecular weight is 439 g/mol. The van der Waals surface area contributed by atoms with Gasteiger partial charge in [0.05, 0.1) is 12.3 Å². The van der Waals surface area contributed by atoms with Crippen LogP contribution in [0.1, 0.15) is 41.7 Å². The maximum absolute atomic E-state index is 14.2. The number of rotatable bonds is 5. The number of carbonyl (C=O) groups is 1. The minimum atomic E-state index is -0.385. The van der Waals surface area contributed by atoms with E-state index in [0.717, 1.165) is 31.2 Å². The Morgan fingerprint density at radius 1 is 1.29 bits per heavy atom. The number of carbonyl (C=O) groups excluding carboxylic acids is 1. The lowest BCUT2D eigenvalue weighted by atomic mass is 9.53. The Morgan fingerprint density at radius 2 is 2.10 bits per heavy atom. The first-order chi connectivity index (χ1) is 14.9. The van der Waals surface area contributed by atoms with Crippen molar-refractivity contribution in [1.82, 2.24) is 9.97 Å².